The molecule has 210 valence electrons. The molecule has 1 aromatic heterocycles. The number of carbonyl (C=O) groups excluding carboxylic acids is 1. The van der Waals surface area contributed by atoms with Gasteiger partial charge in [-0.25, -0.2) is 4.79 Å². The van der Waals surface area contributed by atoms with Crippen LogP contribution in [0.25, 0.3) is 11.0 Å². The Labute approximate surface area is 227 Å². The summed E-state index contributed by atoms with van der Waals surface area (Å²) >= 11 is 0. The fraction of sp³-hybridized carbons (Fsp3) is 0.667. The van der Waals surface area contributed by atoms with Crippen molar-refractivity contribution in [2.45, 2.75) is 71.8 Å². The number of hydrogen-bond acceptors (Lipinski definition) is 7. The number of piperidine rings is 1. The van der Waals surface area contributed by atoms with Crippen LogP contribution in [0.4, 0.5) is 4.79 Å². The molecule has 4 rings (SSSR count). The van der Waals surface area contributed by atoms with Gasteiger partial charge in [0.25, 0.3) is 0 Å². The van der Waals surface area contributed by atoms with Crippen molar-refractivity contribution in [2.75, 3.05) is 47.5 Å². The van der Waals surface area contributed by atoms with Crippen molar-refractivity contribution in [3.05, 3.63) is 23.4 Å². The third-order valence-corrected chi connectivity index (χ3v) is 6.90. The first-order valence-electron chi connectivity index (χ1n) is 13.7. The van der Waals surface area contributed by atoms with E-state index in [9.17, 15) is 4.79 Å². The minimum Gasteiger partial charge on any atom is -0.492 e. The molecular formula is C30H45N3O5. The normalized spacial score (nSPS) is 16.8. The predicted molar refractivity (Wildman–Crippen MR) is 149 cm³/mol. The fourth-order valence-corrected chi connectivity index (χ4v) is 4.54. The Morgan fingerprint density at radius 3 is 2.53 bits per heavy atom. The van der Waals surface area contributed by atoms with Crippen LogP contribution in [0, 0.1) is 30.1 Å². The first-order valence-corrected chi connectivity index (χ1v) is 13.7. The monoisotopic (exact) mass is 527 g/mol. The maximum absolute atomic E-state index is 12.3. The van der Waals surface area contributed by atoms with Gasteiger partial charge in [-0.1, -0.05) is 17.0 Å². The summed E-state index contributed by atoms with van der Waals surface area (Å²) in [6, 6.07) is 4.08. The van der Waals surface area contributed by atoms with Gasteiger partial charge >= 0.3 is 6.09 Å². The maximum atomic E-state index is 12.3. The van der Waals surface area contributed by atoms with Crippen molar-refractivity contribution in [2.24, 2.45) is 11.3 Å². The number of benzene rings is 1. The van der Waals surface area contributed by atoms with Crippen LogP contribution in [0.3, 0.4) is 0 Å². The molecule has 1 saturated heterocycles. The molecule has 0 bridgehead atoms. The van der Waals surface area contributed by atoms with Gasteiger partial charge in [0.05, 0.1) is 11.1 Å². The quantitative estimate of drug-likeness (QED) is 0.485. The maximum Gasteiger partial charge on any atom is 0.410 e. The van der Waals surface area contributed by atoms with Gasteiger partial charge in [-0.2, -0.15) is 0 Å². The van der Waals surface area contributed by atoms with Crippen molar-refractivity contribution in [1.82, 2.24) is 15.4 Å². The van der Waals surface area contributed by atoms with E-state index in [1.807, 2.05) is 52.8 Å². The topological polar surface area (TPSA) is 86.1 Å². The summed E-state index contributed by atoms with van der Waals surface area (Å²) in [6.07, 6.45) is 5.79. The van der Waals surface area contributed by atoms with Crippen molar-refractivity contribution in [3.63, 3.8) is 0 Å². The van der Waals surface area contributed by atoms with Crippen LogP contribution in [0.1, 0.15) is 64.1 Å². The Hall–Kier alpha value is -2.76. The molecule has 1 amide bonds. The second kappa shape index (κ2) is 13.3. The zero-order valence-corrected chi connectivity index (χ0v) is 24.2. The summed E-state index contributed by atoms with van der Waals surface area (Å²) in [4.78, 5) is 14.1. The molecule has 38 heavy (non-hydrogen) atoms. The number of nitrogens with one attached hydrogen (secondary N) is 1. The molecule has 0 atom stereocenters. The minimum atomic E-state index is -0.456. The third-order valence-electron chi connectivity index (χ3n) is 6.90. The molecule has 1 aromatic carbocycles. The number of ether oxygens (including phenoxy) is 3. The number of hydrogen-bond donors (Lipinski definition) is 1. The Morgan fingerprint density at radius 1 is 1.24 bits per heavy atom. The van der Waals surface area contributed by atoms with E-state index in [1.165, 1.54) is 0 Å². The molecule has 0 unspecified atom stereocenters. The number of fused-ring (bicyclic) bond motifs is 1. The van der Waals surface area contributed by atoms with Gasteiger partial charge in [-0.15, -0.1) is 0 Å². The number of amides is 1. The van der Waals surface area contributed by atoms with Crippen LogP contribution in [-0.2, 0) is 15.9 Å². The summed E-state index contributed by atoms with van der Waals surface area (Å²) in [6.45, 7) is 10.3. The Morgan fingerprint density at radius 2 is 1.92 bits per heavy atom. The average molecular weight is 528 g/mol. The van der Waals surface area contributed by atoms with E-state index in [0.717, 1.165) is 79.6 Å². The first-order chi connectivity index (χ1) is 18.1. The average Bonchev–Trinajstić information content (AvgIpc) is 3.51. The minimum absolute atomic E-state index is 0.0362. The number of aromatic nitrogens is 1. The standard InChI is InChI=1S/C28H38N2O5.C2H7N/c1-20-24(33-19-28(14-15-28)13-6-18-32-5)10-8-22-23(29-35-25(20)22)9-7-21-11-16-30(17-12-21)26(31)34-27(2,3)4;1-3-2/h8,10,21H,7,9,11-12,14-19H2,1-5H3;3H,1-2H3. The Bertz CT molecular complexity index is 1110. The van der Waals surface area contributed by atoms with E-state index in [0.29, 0.717) is 19.1 Å². The number of aryl methyl sites for hydroxylation is 2. The van der Waals surface area contributed by atoms with Crippen LogP contribution < -0.4 is 10.1 Å². The summed E-state index contributed by atoms with van der Waals surface area (Å²) in [5.41, 5.74) is 2.28. The lowest BCUT2D eigenvalue weighted by Gasteiger charge is -2.33. The lowest BCUT2D eigenvalue weighted by Crippen LogP contribution is -2.41. The molecule has 2 heterocycles. The third kappa shape index (κ3) is 8.37. The van der Waals surface area contributed by atoms with Crippen LogP contribution in [-0.4, -0.2) is 69.3 Å². The first kappa shape index (κ1) is 29.8. The molecule has 0 spiro atoms. The lowest BCUT2D eigenvalue weighted by molar-refractivity contribution is 0.0181. The highest BCUT2D eigenvalue weighted by atomic mass is 16.6. The zero-order valence-electron chi connectivity index (χ0n) is 24.2. The van der Waals surface area contributed by atoms with Crippen molar-refractivity contribution >= 4 is 17.1 Å². The van der Waals surface area contributed by atoms with E-state index in [2.05, 4.69) is 28.4 Å². The fourth-order valence-electron chi connectivity index (χ4n) is 4.54. The van der Waals surface area contributed by atoms with Gasteiger partial charge in [-0.05, 0) is 98.4 Å². The van der Waals surface area contributed by atoms with E-state index >= 15 is 0 Å². The Balaban J connectivity index is 0.00000127. The van der Waals surface area contributed by atoms with Gasteiger partial charge in [-0.3, -0.25) is 0 Å². The Kier molecular flexibility index (Phi) is 10.5. The van der Waals surface area contributed by atoms with Crippen LogP contribution in [0.15, 0.2) is 16.7 Å². The van der Waals surface area contributed by atoms with Crippen LogP contribution >= 0.6 is 0 Å². The molecule has 2 aromatic rings. The van der Waals surface area contributed by atoms with E-state index in [4.69, 9.17) is 18.7 Å². The highest BCUT2D eigenvalue weighted by Crippen LogP contribution is 2.45. The number of methoxy groups -OCH3 is 1. The number of likely N-dealkylation sites (tertiary alicyclic amines) is 1. The number of nitrogens with zero attached hydrogens (tertiary/aromatic N) is 2. The zero-order chi connectivity index (χ0) is 27.8. The van der Waals surface area contributed by atoms with Gasteiger partial charge in [0.1, 0.15) is 24.6 Å². The molecule has 8 nitrogen and oxygen atoms in total. The van der Waals surface area contributed by atoms with E-state index in [-0.39, 0.29) is 11.5 Å². The van der Waals surface area contributed by atoms with Crippen LogP contribution in [0.2, 0.25) is 0 Å². The molecule has 8 heteroatoms. The molecule has 2 aliphatic rings. The molecule has 1 saturated carbocycles. The van der Waals surface area contributed by atoms with E-state index < -0.39 is 5.60 Å². The largest absolute Gasteiger partial charge is 0.492 e. The van der Waals surface area contributed by atoms with Gasteiger partial charge in [0.15, 0.2) is 5.58 Å². The summed E-state index contributed by atoms with van der Waals surface area (Å²) in [5.74, 6) is 7.77. The number of rotatable bonds is 7. The highest BCUT2D eigenvalue weighted by Gasteiger charge is 2.42. The summed E-state index contributed by atoms with van der Waals surface area (Å²) < 4.78 is 22.4. The van der Waals surface area contributed by atoms with Crippen molar-refractivity contribution in [3.8, 4) is 17.6 Å². The van der Waals surface area contributed by atoms with Crippen molar-refractivity contribution < 1.29 is 23.5 Å². The van der Waals surface area contributed by atoms with Crippen molar-refractivity contribution in [1.29, 1.82) is 0 Å². The van der Waals surface area contributed by atoms with Gasteiger partial charge in [0, 0.05) is 31.1 Å². The SMILES string of the molecule is CNC.COCC#CC1(COc2ccc3c(CCC4CCN(C(=O)OC(C)(C)C)CC4)noc3c2C)CC1. The van der Waals surface area contributed by atoms with E-state index in [1.54, 1.807) is 7.11 Å². The molecule has 1 N–H and O–H groups in total. The summed E-state index contributed by atoms with van der Waals surface area (Å²) in [7, 11) is 5.41. The molecule has 1 aliphatic carbocycles. The van der Waals surface area contributed by atoms with Gasteiger partial charge < -0.3 is 29.0 Å². The molecule has 0 radical (unpaired) electrons. The highest BCUT2D eigenvalue weighted by molar-refractivity contribution is 5.84. The molecular weight excluding hydrogens is 482 g/mol. The van der Waals surface area contributed by atoms with Crippen LogP contribution in [0.5, 0.6) is 5.75 Å². The second-order valence-electron chi connectivity index (χ2n) is 11.4. The summed E-state index contributed by atoms with van der Waals surface area (Å²) in [5, 5.41) is 8.19. The molecule has 2 fully saturated rings. The molecule has 1 aliphatic heterocycles. The number of carbonyl (C=O) groups is 1. The predicted octanol–water partition coefficient (Wildman–Crippen LogP) is 5.36. The second-order valence-corrected chi connectivity index (χ2v) is 11.4. The lowest BCUT2D eigenvalue weighted by atomic mass is 9.91. The van der Waals surface area contributed by atoms with Gasteiger partial charge in [0.2, 0.25) is 0 Å². The smallest absolute Gasteiger partial charge is 0.410 e.